The van der Waals surface area contributed by atoms with Crippen LogP contribution in [0.4, 0.5) is 11.4 Å². The van der Waals surface area contributed by atoms with E-state index in [1.165, 1.54) is 16.7 Å². The Hall–Kier alpha value is -2.03. The molecule has 0 saturated carbocycles. The molecule has 0 amide bonds. The van der Waals surface area contributed by atoms with Crippen LogP contribution < -0.4 is 10.6 Å². The average molecular weight is 476 g/mol. The van der Waals surface area contributed by atoms with Crippen molar-refractivity contribution in [2.24, 2.45) is 4.99 Å². The molecule has 2 rings (SSSR count). The van der Waals surface area contributed by atoms with Crippen molar-refractivity contribution in [1.82, 2.24) is 4.31 Å². The van der Waals surface area contributed by atoms with Crippen LogP contribution in [0, 0.1) is 11.5 Å². The Balaban J connectivity index is 2.35. The maximum Gasteiger partial charge on any atom is 0.256 e. The summed E-state index contributed by atoms with van der Waals surface area (Å²) in [5.41, 5.74) is -0.243. The molecule has 2 aromatic rings. The number of aromatic hydroxyl groups is 1. The molecule has 0 spiro atoms. The third-order valence-electron chi connectivity index (χ3n) is 3.89. The number of nitriles is 1. The van der Waals surface area contributed by atoms with Crippen molar-refractivity contribution in [3.8, 4) is 11.9 Å². The Kier molecular flexibility index (Phi) is 7.03. The van der Waals surface area contributed by atoms with Crippen LogP contribution >= 0.6 is 34.5 Å². The van der Waals surface area contributed by atoms with Crippen LogP contribution in [0.2, 0.25) is 10.0 Å². The molecule has 29 heavy (non-hydrogen) atoms. The number of aliphatic imine (C=N–C) groups is 1. The number of hydrogen-bond acceptors (Lipinski definition) is 6. The zero-order chi connectivity index (χ0) is 22.0. The van der Waals surface area contributed by atoms with E-state index in [9.17, 15) is 13.5 Å². The zero-order valence-corrected chi connectivity index (χ0v) is 19.1. The third kappa shape index (κ3) is 5.12. The molecule has 0 atom stereocenters. The van der Waals surface area contributed by atoms with Gasteiger partial charge in [0.05, 0.1) is 21.4 Å². The van der Waals surface area contributed by atoms with Gasteiger partial charge in [0.2, 0.25) is 12.2 Å². The molecule has 0 bridgehead atoms. The summed E-state index contributed by atoms with van der Waals surface area (Å²) in [7, 11) is -2.49. The molecule has 8 nitrogen and oxygen atoms in total. The second-order valence-corrected chi connectivity index (χ2v) is 10.7. The van der Waals surface area contributed by atoms with Crippen molar-refractivity contribution in [2.45, 2.75) is 30.5 Å². The fourth-order valence-corrected chi connectivity index (χ4v) is 5.34. The molecule has 0 fully saturated rings. The molecule has 1 aromatic heterocycles. The largest absolute Gasteiger partial charge is 0.504 e. The lowest BCUT2D eigenvalue weighted by Gasteiger charge is -2.30. The van der Waals surface area contributed by atoms with Gasteiger partial charge >= 0.3 is 0 Å². The molecule has 12 heteroatoms. The number of hydrogen-bond donors (Lipinski definition) is 3. The average Bonchev–Trinajstić information content (AvgIpc) is 2.99. The summed E-state index contributed by atoms with van der Waals surface area (Å²) in [6, 6.07) is 4.86. The molecule has 1 aromatic carbocycles. The smallest absolute Gasteiger partial charge is 0.256 e. The lowest BCUT2D eigenvalue weighted by Crippen LogP contribution is -2.42. The van der Waals surface area contributed by atoms with Gasteiger partial charge in [-0.05, 0) is 32.9 Å². The molecule has 3 N–H and O–H groups in total. The van der Waals surface area contributed by atoms with Crippen molar-refractivity contribution in [3.05, 3.63) is 33.6 Å². The van der Waals surface area contributed by atoms with Gasteiger partial charge in [0.1, 0.15) is 0 Å². The van der Waals surface area contributed by atoms with Crippen LogP contribution in [0.1, 0.15) is 20.8 Å². The third-order valence-corrected chi connectivity index (χ3v) is 8.32. The van der Waals surface area contributed by atoms with Crippen molar-refractivity contribution < 1.29 is 13.5 Å². The minimum Gasteiger partial charge on any atom is -0.504 e. The summed E-state index contributed by atoms with van der Waals surface area (Å²) >= 11 is 12.9. The lowest BCUT2D eigenvalue weighted by molar-refractivity contribution is 0.291. The number of anilines is 2. The SMILES string of the molecule is CN(C(C)(C)C)S(=O)(=O)c1scc(NC(=NC#N)Nc2cccc(Cl)c2Cl)c1O. The van der Waals surface area contributed by atoms with Gasteiger partial charge in [-0.25, -0.2) is 8.42 Å². The summed E-state index contributed by atoms with van der Waals surface area (Å²) in [6.45, 7) is 5.22. The van der Waals surface area contributed by atoms with Crippen LogP contribution in [0.25, 0.3) is 0 Å². The summed E-state index contributed by atoms with van der Waals surface area (Å²) < 4.78 is 26.6. The van der Waals surface area contributed by atoms with Gasteiger partial charge in [0.25, 0.3) is 10.0 Å². The highest BCUT2D eigenvalue weighted by molar-refractivity contribution is 7.91. The maximum atomic E-state index is 12.8. The second-order valence-electron chi connectivity index (χ2n) is 6.84. The molecule has 0 saturated heterocycles. The summed E-state index contributed by atoms with van der Waals surface area (Å²) in [5, 5.41) is 26.9. The fraction of sp³-hybridized carbons (Fsp3) is 0.294. The van der Waals surface area contributed by atoms with Gasteiger partial charge in [0, 0.05) is 18.0 Å². The van der Waals surface area contributed by atoms with Crippen molar-refractivity contribution >= 4 is 61.9 Å². The van der Waals surface area contributed by atoms with E-state index >= 15 is 0 Å². The number of benzene rings is 1. The van der Waals surface area contributed by atoms with Gasteiger partial charge in [0.15, 0.2) is 9.96 Å². The molecule has 0 aliphatic rings. The molecule has 0 aliphatic heterocycles. The number of halogens is 2. The highest BCUT2D eigenvalue weighted by Gasteiger charge is 2.34. The number of rotatable bonds is 4. The van der Waals surface area contributed by atoms with E-state index in [0.29, 0.717) is 10.7 Å². The van der Waals surface area contributed by atoms with Crippen molar-refractivity contribution in [3.63, 3.8) is 0 Å². The monoisotopic (exact) mass is 475 g/mol. The Labute approximate surface area is 183 Å². The summed E-state index contributed by atoms with van der Waals surface area (Å²) in [4.78, 5) is 3.60. The first-order valence-corrected chi connectivity index (χ1v) is 11.2. The molecule has 1 heterocycles. The van der Waals surface area contributed by atoms with E-state index in [1.807, 2.05) is 0 Å². The van der Waals surface area contributed by atoms with Gasteiger partial charge in [-0.3, -0.25) is 0 Å². The normalized spacial score (nSPS) is 12.7. The first-order chi connectivity index (χ1) is 13.4. The van der Waals surface area contributed by atoms with Crippen LogP contribution in [-0.2, 0) is 10.0 Å². The van der Waals surface area contributed by atoms with Gasteiger partial charge in [-0.1, -0.05) is 29.3 Å². The molecule has 0 unspecified atom stereocenters. The predicted molar refractivity (Wildman–Crippen MR) is 117 cm³/mol. The molecular formula is C17H19Cl2N5O3S2. The Bertz CT molecular complexity index is 1090. The van der Waals surface area contributed by atoms with Crippen molar-refractivity contribution in [2.75, 3.05) is 17.7 Å². The fourth-order valence-electron chi connectivity index (χ4n) is 2.08. The highest BCUT2D eigenvalue weighted by atomic mass is 35.5. The van der Waals surface area contributed by atoms with Gasteiger partial charge in [-0.2, -0.15) is 9.57 Å². The van der Waals surface area contributed by atoms with E-state index in [0.717, 1.165) is 11.3 Å². The minimum absolute atomic E-state index is 0.0653. The van der Waals surface area contributed by atoms with E-state index in [4.69, 9.17) is 28.5 Å². The quantitative estimate of drug-likeness (QED) is 0.339. The van der Waals surface area contributed by atoms with Crippen LogP contribution in [-0.4, -0.2) is 36.4 Å². The molecule has 156 valence electrons. The first kappa shape index (κ1) is 23.3. The van der Waals surface area contributed by atoms with Crippen LogP contribution in [0.3, 0.4) is 0 Å². The standard InChI is InChI=1S/C17H19Cl2N5O3S2/c1-17(2,3)24(4)29(26,27)15-14(25)12(8-28-15)23-16(21-9-20)22-11-7-5-6-10(18)13(11)19/h5-8,25H,1-4H3,(H2,21,22,23). The Morgan fingerprint density at radius 1 is 1.28 bits per heavy atom. The number of thiophene rings is 1. The number of nitrogens with zero attached hydrogens (tertiary/aromatic N) is 3. The second kappa shape index (κ2) is 8.77. The van der Waals surface area contributed by atoms with E-state index < -0.39 is 21.3 Å². The van der Waals surface area contributed by atoms with E-state index in [-0.39, 0.29) is 20.9 Å². The molecular weight excluding hydrogens is 457 g/mol. The predicted octanol–water partition coefficient (Wildman–Crippen LogP) is 4.54. The first-order valence-electron chi connectivity index (χ1n) is 8.14. The molecule has 0 radical (unpaired) electrons. The number of guanidine groups is 1. The van der Waals surface area contributed by atoms with Gasteiger partial charge < -0.3 is 15.7 Å². The Morgan fingerprint density at radius 2 is 1.90 bits per heavy atom. The van der Waals surface area contributed by atoms with E-state index in [1.54, 1.807) is 45.2 Å². The van der Waals surface area contributed by atoms with Crippen molar-refractivity contribution in [1.29, 1.82) is 5.26 Å². The van der Waals surface area contributed by atoms with Crippen LogP contribution in [0.5, 0.6) is 5.75 Å². The highest BCUT2D eigenvalue weighted by Crippen LogP contribution is 2.40. The number of nitrogens with one attached hydrogen (secondary N) is 2. The maximum absolute atomic E-state index is 12.8. The minimum atomic E-state index is -3.93. The topological polar surface area (TPSA) is 118 Å². The van der Waals surface area contributed by atoms with Crippen LogP contribution in [0.15, 0.2) is 32.8 Å². The summed E-state index contributed by atoms with van der Waals surface area (Å²) in [5.74, 6) is -0.548. The zero-order valence-electron chi connectivity index (χ0n) is 16.0. The van der Waals surface area contributed by atoms with Gasteiger partial charge in [-0.15, -0.1) is 16.3 Å². The van der Waals surface area contributed by atoms with E-state index in [2.05, 4.69) is 15.6 Å². The number of sulfonamides is 1. The summed E-state index contributed by atoms with van der Waals surface area (Å²) in [6.07, 6.45) is 1.62. The lowest BCUT2D eigenvalue weighted by atomic mass is 10.1. The molecule has 0 aliphatic carbocycles. The Morgan fingerprint density at radius 3 is 2.48 bits per heavy atom.